The third kappa shape index (κ3) is 4.08. The van der Waals surface area contributed by atoms with E-state index in [4.69, 9.17) is 16.3 Å². The van der Waals surface area contributed by atoms with Crippen molar-refractivity contribution in [3.8, 4) is 11.4 Å². The molecule has 1 heterocycles. The molecule has 0 fully saturated rings. The van der Waals surface area contributed by atoms with Gasteiger partial charge in [0, 0.05) is 22.5 Å². The molecule has 126 valence electrons. The quantitative estimate of drug-likeness (QED) is 0.558. The van der Waals surface area contributed by atoms with E-state index < -0.39 is 0 Å². The molecular weight excluding hydrogens is 338 g/mol. The second kappa shape index (κ2) is 7.68. The van der Waals surface area contributed by atoms with Crippen LogP contribution in [0.2, 0.25) is 5.02 Å². The van der Waals surface area contributed by atoms with Crippen LogP contribution in [0.3, 0.4) is 0 Å². The zero-order valence-corrected chi connectivity index (χ0v) is 14.3. The Morgan fingerprint density at radius 1 is 1.12 bits per heavy atom. The highest BCUT2D eigenvalue weighted by Gasteiger charge is 2.04. The lowest BCUT2D eigenvalue weighted by atomic mass is 10.2. The van der Waals surface area contributed by atoms with E-state index in [1.54, 1.807) is 37.6 Å². The molecule has 0 saturated carbocycles. The molecule has 0 aliphatic carbocycles. The van der Waals surface area contributed by atoms with E-state index in [2.05, 4.69) is 10.5 Å². The molecule has 1 aromatic heterocycles. The van der Waals surface area contributed by atoms with Crippen LogP contribution in [-0.4, -0.2) is 23.8 Å². The van der Waals surface area contributed by atoms with Crippen LogP contribution in [-0.2, 0) is 0 Å². The summed E-state index contributed by atoms with van der Waals surface area (Å²) >= 11 is 5.81. The van der Waals surface area contributed by atoms with Crippen molar-refractivity contribution in [2.75, 3.05) is 7.11 Å². The van der Waals surface area contributed by atoms with Gasteiger partial charge >= 0.3 is 0 Å². The first-order valence-electron chi connectivity index (χ1n) is 7.58. The molecule has 0 atom stereocenters. The first-order valence-corrected chi connectivity index (χ1v) is 7.96. The standard InChI is InChI=1S/C19H16ClN3O2/c1-25-18-10-8-16(9-11-18)23-12-2-3-17(23)13-21-22-19(24)14-4-6-15(20)7-5-14/h2-13H,1H3,(H,22,24)/b21-13-. The van der Waals surface area contributed by atoms with E-state index in [1.807, 2.05) is 47.2 Å². The number of hydrogen-bond acceptors (Lipinski definition) is 3. The molecule has 5 nitrogen and oxygen atoms in total. The Labute approximate surface area is 150 Å². The van der Waals surface area contributed by atoms with Crippen LogP contribution in [0.1, 0.15) is 16.1 Å². The lowest BCUT2D eigenvalue weighted by molar-refractivity contribution is 0.0955. The number of methoxy groups -OCH3 is 1. The van der Waals surface area contributed by atoms with Gasteiger partial charge in [-0.25, -0.2) is 5.43 Å². The van der Waals surface area contributed by atoms with Crippen molar-refractivity contribution in [1.29, 1.82) is 0 Å². The highest BCUT2D eigenvalue weighted by Crippen LogP contribution is 2.16. The normalized spacial score (nSPS) is 10.8. The number of hydrazone groups is 1. The Bertz CT molecular complexity index is 884. The molecule has 0 spiro atoms. The lowest BCUT2D eigenvalue weighted by Crippen LogP contribution is -2.17. The predicted molar refractivity (Wildman–Crippen MR) is 98.8 cm³/mol. The van der Waals surface area contributed by atoms with Crippen LogP contribution >= 0.6 is 11.6 Å². The van der Waals surface area contributed by atoms with Gasteiger partial charge in [-0.1, -0.05) is 11.6 Å². The Morgan fingerprint density at radius 2 is 1.84 bits per heavy atom. The van der Waals surface area contributed by atoms with Crippen molar-refractivity contribution >= 4 is 23.7 Å². The molecule has 1 amide bonds. The molecule has 0 aliphatic heterocycles. The zero-order chi connectivity index (χ0) is 17.6. The monoisotopic (exact) mass is 353 g/mol. The summed E-state index contributed by atoms with van der Waals surface area (Å²) in [5.74, 6) is 0.497. The molecule has 1 N–H and O–H groups in total. The van der Waals surface area contributed by atoms with E-state index in [9.17, 15) is 4.79 Å². The van der Waals surface area contributed by atoms with Crippen LogP contribution in [0.4, 0.5) is 0 Å². The summed E-state index contributed by atoms with van der Waals surface area (Å²) in [4.78, 5) is 12.0. The molecule has 0 radical (unpaired) electrons. The first-order chi connectivity index (χ1) is 12.2. The third-order valence-corrected chi connectivity index (χ3v) is 3.85. The van der Waals surface area contributed by atoms with Gasteiger partial charge in [0.1, 0.15) is 5.75 Å². The van der Waals surface area contributed by atoms with Crippen LogP contribution in [0.5, 0.6) is 5.75 Å². The Morgan fingerprint density at radius 3 is 2.52 bits per heavy atom. The minimum absolute atomic E-state index is 0.296. The van der Waals surface area contributed by atoms with Gasteiger partial charge in [-0.15, -0.1) is 0 Å². The number of carbonyl (C=O) groups is 1. The van der Waals surface area contributed by atoms with E-state index >= 15 is 0 Å². The van der Waals surface area contributed by atoms with Gasteiger partial charge in [-0.2, -0.15) is 5.10 Å². The Hall–Kier alpha value is -3.05. The SMILES string of the molecule is COc1ccc(-n2cccc2/C=N\NC(=O)c2ccc(Cl)cc2)cc1. The number of rotatable bonds is 5. The molecule has 3 rings (SSSR count). The third-order valence-electron chi connectivity index (χ3n) is 3.60. The summed E-state index contributed by atoms with van der Waals surface area (Å²) in [6.45, 7) is 0. The average Bonchev–Trinajstić information content (AvgIpc) is 3.11. The van der Waals surface area contributed by atoms with Crippen LogP contribution in [0.15, 0.2) is 72.0 Å². The summed E-state index contributed by atoms with van der Waals surface area (Å²) in [6, 6.07) is 18.1. The predicted octanol–water partition coefficient (Wildman–Crippen LogP) is 3.90. The molecule has 0 saturated heterocycles. The summed E-state index contributed by atoms with van der Waals surface area (Å²) in [5.41, 5.74) is 4.80. The van der Waals surface area contributed by atoms with Crippen molar-refractivity contribution in [3.05, 3.63) is 83.1 Å². The second-order valence-electron chi connectivity index (χ2n) is 5.21. The average molecular weight is 354 g/mol. The number of hydrogen-bond donors (Lipinski definition) is 1. The van der Waals surface area contributed by atoms with E-state index in [-0.39, 0.29) is 5.91 Å². The molecule has 0 bridgehead atoms. The van der Waals surface area contributed by atoms with Crippen molar-refractivity contribution in [1.82, 2.24) is 9.99 Å². The van der Waals surface area contributed by atoms with Gasteiger partial charge < -0.3 is 9.30 Å². The lowest BCUT2D eigenvalue weighted by Gasteiger charge is -2.07. The van der Waals surface area contributed by atoms with Crippen LogP contribution in [0, 0.1) is 0 Å². The maximum Gasteiger partial charge on any atom is 0.271 e. The minimum Gasteiger partial charge on any atom is -0.497 e. The van der Waals surface area contributed by atoms with Crippen LogP contribution < -0.4 is 10.2 Å². The fraction of sp³-hybridized carbons (Fsp3) is 0.0526. The number of nitrogens with zero attached hydrogens (tertiary/aromatic N) is 2. The first kappa shape index (κ1) is 16.8. The number of carbonyl (C=O) groups excluding carboxylic acids is 1. The number of aromatic nitrogens is 1. The highest BCUT2D eigenvalue weighted by molar-refractivity contribution is 6.30. The van der Waals surface area contributed by atoms with Gasteiger partial charge in [-0.3, -0.25) is 4.79 Å². The smallest absolute Gasteiger partial charge is 0.271 e. The number of nitrogens with one attached hydrogen (secondary N) is 1. The minimum atomic E-state index is -0.296. The van der Waals surface area contributed by atoms with Crippen molar-refractivity contribution in [2.24, 2.45) is 5.10 Å². The number of amides is 1. The molecule has 2 aromatic carbocycles. The molecule has 0 unspecified atom stereocenters. The number of halogens is 1. The van der Waals surface area contributed by atoms with Gasteiger partial charge in [-0.05, 0) is 60.7 Å². The molecule has 25 heavy (non-hydrogen) atoms. The van der Waals surface area contributed by atoms with Gasteiger partial charge in [0.2, 0.25) is 0 Å². The van der Waals surface area contributed by atoms with Gasteiger partial charge in [0.15, 0.2) is 0 Å². The Balaban J connectivity index is 1.71. The summed E-state index contributed by atoms with van der Waals surface area (Å²) in [7, 11) is 1.63. The van der Waals surface area contributed by atoms with Crippen molar-refractivity contribution in [3.63, 3.8) is 0 Å². The summed E-state index contributed by atoms with van der Waals surface area (Å²) < 4.78 is 7.12. The maximum absolute atomic E-state index is 12.0. The van der Waals surface area contributed by atoms with E-state index in [0.29, 0.717) is 10.6 Å². The largest absolute Gasteiger partial charge is 0.497 e. The summed E-state index contributed by atoms with van der Waals surface area (Å²) in [6.07, 6.45) is 3.52. The van der Waals surface area contributed by atoms with E-state index in [1.165, 1.54) is 0 Å². The molecule has 6 heteroatoms. The zero-order valence-electron chi connectivity index (χ0n) is 13.5. The topological polar surface area (TPSA) is 55.6 Å². The van der Waals surface area contributed by atoms with Crippen LogP contribution in [0.25, 0.3) is 5.69 Å². The fourth-order valence-electron chi connectivity index (χ4n) is 2.30. The van der Waals surface area contributed by atoms with Crippen molar-refractivity contribution in [2.45, 2.75) is 0 Å². The fourth-order valence-corrected chi connectivity index (χ4v) is 2.43. The summed E-state index contributed by atoms with van der Waals surface area (Å²) in [5, 5.41) is 4.61. The molecule has 0 aliphatic rings. The number of ether oxygens (including phenoxy) is 1. The molecular formula is C19H16ClN3O2. The number of benzene rings is 2. The van der Waals surface area contributed by atoms with Gasteiger partial charge in [0.25, 0.3) is 5.91 Å². The highest BCUT2D eigenvalue weighted by atomic mass is 35.5. The molecule has 3 aromatic rings. The maximum atomic E-state index is 12.0. The van der Waals surface area contributed by atoms with Gasteiger partial charge in [0.05, 0.1) is 19.0 Å². The second-order valence-corrected chi connectivity index (χ2v) is 5.64. The Kier molecular flexibility index (Phi) is 5.16. The van der Waals surface area contributed by atoms with Crippen molar-refractivity contribution < 1.29 is 9.53 Å². The van der Waals surface area contributed by atoms with E-state index in [0.717, 1.165) is 17.1 Å².